The molecule has 0 saturated heterocycles. The molecule has 0 aliphatic heterocycles. The summed E-state index contributed by atoms with van der Waals surface area (Å²) in [6, 6.07) is 8.92. The molecule has 30 heavy (non-hydrogen) atoms. The third-order valence-corrected chi connectivity index (χ3v) is 4.75. The highest BCUT2D eigenvalue weighted by Gasteiger charge is 2.35. The summed E-state index contributed by atoms with van der Waals surface area (Å²) in [7, 11) is 1.48. The number of carboxylic acid groups (broad SMARTS) is 1. The SMILES string of the molecule is CNC(=O)C(NC(=O)[C@@H](CC(=O)O)n1ccc(-c2ccc(C#N)cc2)c1)C(C)(C)C. The maximum atomic E-state index is 13.0. The summed E-state index contributed by atoms with van der Waals surface area (Å²) in [6.45, 7) is 5.45. The molecule has 0 saturated carbocycles. The molecule has 1 unspecified atom stereocenters. The standard InChI is InChI=1S/C22H26N4O4/c1-22(2,3)19(21(30)24-4)25-20(29)17(11-18(27)28)26-10-9-16(13-26)15-7-5-14(12-23)6-8-15/h5-10,13,17,19H,11H2,1-4H3,(H,24,30)(H,25,29)(H,27,28)/t17-,19?/m1/s1. The monoisotopic (exact) mass is 410 g/mol. The number of nitrogens with one attached hydrogen (secondary N) is 2. The molecule has 2 aromatic rings. The van der Waals surface area contributed by atoms with Crippen LogP contribution in [0.1, 0.15) is 38.8 Å². The van der Waals surface area contributed by atoms with Crippen LogP contribution in [0.25, 0.3) is 11.1 Å². The summed E-state index contributed by atoms with van der Waals surface area (Å²) < 4.78 is 1.53. The highest BCUT2D eigenvalue weighted by atomic mass is 16.4. The maximum absolute atomic E-state index is 13.0. The number of carboxylic acids is 1. The van der Waals surface area contributed by atoms with Crippen LogP contribution in [0.5, 0.6) is 0 Å². The molecule has 8 nitrogen and oxygen atoms in total. The first-order valence-corrected chi connectivity index (χ1v) is 9.48. The van der Waals surface area contributed by atoms with Gasteiger partial charge in [-0.1, -0.05) is 32.9 Å². The number of hydrogen-bond donors (Lipinski definition) is 3. The molecule has 0 aliphatic carbocycles. The zero-order chi connectivity index (χ0) is 22.5. The average Bonchev–Trinajstić information content (AvgIpc) is 3.18. The van der Waals surface area contributed by atoms with Gasteiger partial charge in [0.15, 0.2) is 0 Å². The van der Waals surface area contributed by atoms with Crippen LogP contribution in [0.3, 0.4) is 0 Å². The number of nitriles is 1. The molecule has 0 aliphatic rings. The van der Waals surface area contributed by atoms with Gasteiger partial charge in [-0.3, -0.25) is 14.4 Å². The number of carbonyl (C=O) groups excluding carboxylic acids is 2. The van der Waals surface area contributed by atoms with E-state index in [1.54, 1.807) is 42.7 Å². The summed E-state index contributed by atoms with van der Waals surface area (Å²) in [5.41, 5.74) is 1.58. The number of carbonyl (C=O) groups is 3. The molecule has 8 heteroatoms. The first kappa shape index (κ1) is 22.7. The molecule has 1 heterocycles. The Hall–Kier alpha value is -3.60. The number of aliphatic carboxylic acids is 1. The number of nitrogens with zero attached hydrogens (tertiary/aromatic N) is 2. The zero-order valence-electron chi connectivity index (χ0n) is 17.5. The van der Waals surface area contributed by atoms with E-state index in [2.05, 4.69) is 16.7 Å². The van der Waals surface area contributed by atoms with Gasteiger partial charge in [-0.2, -0.15) is 5.26 Å². The summed E-state index contributed by atoms with van der Waals surface area (Å²) in [4.78, 5) is 36.6. The fraction of sp³-hybridized carbons (Fsp3) is 0.364. The molecule has 1 aromatic carbocycles. The van der Waals surface area contributed by atoms with Gasteiger partial charge in [-0.15, -0.1) is 0 Å². The maximum Gasteiger partial charge on any atom is 0.306 e. The van der Waals surface area contributed by atoms with Crippen LogP contribution in [-0.4, -0.2) is 40.5 Å². The van der Waals surface area contributed by atoms with E-state index in [0.717, 1.165) is 11.1 Å². The zero-order valence-corrected chi connectivity index (χ0v) is 17.5. The number of amides is 2. The molecule has 158 valence electrons. The highest BCUT2D eigenvalue weighted by Crippen LogP contribution is 2.25. The van der Waals surface area contributed by atoms with Crippen LogP contribution in [-0.2, 0) is 14.4 Å². The average molecular weight is 410 g/mol. The minimum atomic E-state index is -1.13. The van der Waals surface area contributed by atoms with Crippen molar-refractivity contribution >= 4 is 17.8 Å². The van der Waals surface area contributed by atoms with Crippen molar-refractivity contribution < 1.29 is 19.5 Å². The number of likely N-dealkylation sites (N-methyl/N-ethyl adjacent to an activating group) is 1. The van der Waals surface area contributed by atoms with Gasteiger partial charge in [0.25, 0.3) is 0 Å². The van der Waals surface area contributed by atoms with Gasteiger partial charge in [0.05, 0.1) is 18.1 Å². The topological polar surface area (TPSA) is 124 Å². The first-order chi connectivity index (χ1) is 14.1. The van der Waals surface area contributed by atoms with E-state index in [1.807, 2.05) is 20.8 Å². The van der Waals surface area contributed by atoms with E-state index >= 15 is 0 Å². The molecule has 2 atom stereocenters. The van der Waals surface area contributed by atoms with Gasteiger partial charge in [-0.25, -0.2) is 0 Å². The number of hydrogen-bond acceptors (Lipinski definition) is 4. The second-order valence-corrected chi connectivity index (χ2v) is 8.07. The summed E-state index contributed by atoms with van der Waals surface area (Å²) in [5, 5.41) is 23.5. The third kappa shape index (κ3) is 5.47. The number of rotatable bonds is 7. The summed E-state index contributed by atoms with van der Waals surface area (Å²) in [6.07, 6.45) is 2.88. The van der Waals surface area contributed by atoms with E-state index in [0.29, 0.717) is 5.56 Å². The Morgan fingerprint density at radius 1 is 1.10 bits per heavy atom. The minimum absolute atomic E-state index is 0.351. The van der Waals surface area contributed by atoms with Gasteiger partial charge >= 0.3 is 5.97 Å². The Kier molecular flexibility index (Phi) is 7.01. The van der Waals surface area contributed by atoms with E-state index in [4.69, 9.17) is 5.26 Å². The Labute approximate surface area is 175 Å². The van der Waals surface area contributed by atoms with Gasteiger partial charge in [-0.05, 0) is 34.7 Å². The quantitative estimate of drug-likeness (QED) is 0.646. The van der Waals surface area contributed by atoms with Crippen molar-refractivity contribution in [2.45, 2.75) is 39.3 Å². The van der Waals surface area contributed by atoms with Gasteiger partial charge in [0, 0.05) is 19.4 Å². The minimum Gasteiger partial charge on any atom is -0.481 e. The second-order valence-electron chi connectivity index (χ2n) is 8.07. The second kappa shape index (κ2) is 9.27. The van der Waals surface area contributed by atoms with Crippen molar-refractivity contribution in [1.29, 1.82) is 5.26 Å². The van der Waals surface area contributed by atoms with Crippen LogP contribution in [0, 0.1) is 16.7 Å². The Morgan fingerprint density at radius 3 is 2.23 bits per heavy atom. The van der Waals surface area contributed by atoms with Crippen LogP contribution in [0.15, 0.2) is 42.7 Å². The van der Waals surface area contributed by atoms with Crippen molar-refractivity contribution in [1.82, 2.24) is 15.2 Å². The molecular formula is C22H26N4O4. The smallest absolute Gasteiger partial charge is 0.306 e. The molecule has 0 bridgehead atoms. The first-order valence-electron chi connectivity index (χ1n) is 9.48. The summed E-state index contributed by atoms with van der Waals surface area (Å²) in [5.74, 6) is -2.03. The highest BCUT2D eigenvalue weighted by molar-refractivity contribution is 5.91. The normalized spacial score (nSPS) is 13.0. The van der Waals surface area contributed by atoms with E-state index in [9.17, 15) is 19.5 Å². The largest absolute Gasteiger partial charge is 0.481 e. The molecule has 0 spiro atoms. The van der Waals surface area contributed by atoms with E-state index < -0.39 is 35.8 Å². The van der Waals surface area contributed by atoms with Crippen LogP contribution < -0.4 is 10.6 Å². The van der Waals surface area contributed by atoms with Gasteiger partial charge in [0.1, 0.15) is 12.1 Å². The van der Waals surface area contributed by atoms with E-state index in [-0.39, 0.29) is 5.91 Å². The predicted octanol–water partition coefficient (Wildman–Crippen LogP) is 2.32. The fourth-order valence-corrected chi connectivity index (χ4v) is 3.07. The molecular weight excluding hydrogens is 384 g/mol. The lowest BCUT2D eigenvalue weighted by atomic mass is 9.86. The van der Waals surface area contributed by atoms with Crippen LogP contribution >= 0.6 is 0 Å². The Morgan fingerprint density at radius 2 is 1.73 bits per heavy atom. The van der Waals surface area contributed by atoms with Gasteiger partial charge < -0.3 is 20.3 Å². The lowest BCUT2D eigenvalue weighted by Gasteiger charge is -2.31. The number of aromatic nitrogens is 1. The molecule has 1 aromatic heterocycles. The molecule has 2 rings (SSSR count). The number of benzene rings is 1. The molecule has 3 N–H and O–H groups in total. The lowest BCUT2D eigenvalue weighted by Crippen LogP contribution is -2.54. The predicted molar refractivity (Wildman–Crippen MR) is 111 cm³/mol. The third-order valence-electron chi connectivity index (χ3n) is 4.75. The molecule has 0 radical (unpaired) electrons. The van der Waals surface area contributed by atoms with Crippen molar-refractivity contribution in [3.05, 3.63) is 48.3 Å². The van der Waals surface area contributed by atoms with Crippen molar-refractivity contribution in [3.8, 4) is 17.2 Å². The fourth-order valence-electron chi connectivity index (χ4n) is 3.07. The van der Waals surface area contributed by atoms with Gasteiger partial charge in [0.2, 0.25) is 11.8 Å². The Balaban J connectivity index is 2.32. The van der Waals surface area contributed by atoms with Crippen molar-refractivity contribution in [3.63, 3.8) is 0 Å². The molecule has 0 fully saturated rings. The lowest BCUT2D eigenvalue weighted by molar-refractivity contribution is -0.141. The van der Waals surface area contributed by atoms with Crippen LogP contribution in [0.2, 0.25) is 0 Å². The molecule has 2 amide bonds. The summed E-state index contributed by atoms with van der Waals surface area (Å²) >= 11 is 0. The van der Waals surface area contributed by atoms with Crippen LogP contribution in [0.4, 0.5) is 0 Å². The Bertz CT molecular complexity index is 964. The van der Waals surface area contributed by atoms with Crippen molar-refractivity contribution in [2.75, 3.05) is 7.05 Å². The van der Waals surface area contributed by atoms with Crippen molar-refractivity contribution in [2.24, 2.45) is 5.41 Å². The van der Waals surface area contributed by atoms with E-state index in [1.165, 1.54) is 11.6 Å².